The average molecular weight is 352 g/mol. The molecule has 1 saturated heterocycles. The van der Waals surface area contributed by atoms with Crippen LogP contribution in [0.1, 0.15) is 29.1 Å². The Morgan fingerprint density at radius 2 is 2.04 bits per heavy atom. The van der Waals surface area contributed by atoms with E-state index in [0.29, 0.717) is 30.4 Å². The minimum Gasteiger partial charge on any atom is -0.378 e. The number of rotatable bonds is 4. The summed E-state index contributed by atoms with van der Waals surface area (Å²) in [4.78, 5) is 19.4. The number of nitrogens with one attached hydrogen (secondary N) is 1. The van der Waals surface area contributed by atoms with Crippen LogP contribution in [0, 0.1) is 0 Å². The normalized spacial score (nSPS) is 15.8. The molecule has 0 radical (unpaired) electrons. The molecule has 1 amide bonds. The fourth-order valence-electron chi connectivity index (χ4n) is 3.10. The second kappa shape index (κ2) is 7.09. The van der Waals surface area contributed by atoms with Gasteiger partial charge in [0.25, 0.3) is 5.91 Å². The number of hydrogen-bond donors (Lipinski definition) is 1. The summed E-state index contributed by atoms with van der Waals surface area (Å²) in [5, 5.41) is 11.4. The van der Waals surface area contributed by atoms with Gasteiger partial charge in [-0.2, -0.15) is 0 Å². The van der Waals surface area contributed by atoms with Crippen LogP contribution in [0.5, 0.6) is 0 Å². The van der Waals surface area contributed by atoms with Crippen LogP contribution >= 0.6 is 0 Å². The summed E-state index contributed by atoms with van der Waals surface area (Å²) in [5.74, 6) is 1.19. The number of hydrogen-bond acceptors (Lipinski definition) is 6. The first-order chi connectivity index (χ1) is 12.7. The Balaban J connectivity index is 1.56. The Morgan fingerprint density at radius 1 is 1.19 bits per heavy atom. The van der Waals surface area contributed by atoms with E-state index < -0.39 is 0 Å². The number of fused-ring (bicyclic) bond motifs is 1. The van der Waals surface area contributed by atoms with E-state index >= 15 is 0 Å². The van der Waals surface area contributed by atoms with Crippen molar-refractivity contribution < 1.29 is 9.53 Å². The van der Waals surface area contributed by atoms with E-state index in [1.54, 1.807) is 18.3 Å². The van der Waals surface area contributed by atoms with E-state index in [1.165, 1.54) is 0 Å². The number of morpholine rings is 1. The van der Waals surface area contributed by atoms with Gasteiger partial charge in [-0.05, 0) is 31.2 Å². The number of aromatic nitrogens is 4. The molecule has 1 fully saturated rings. The van der Waals surface area contributed by atoms with Crippen molar-refractivity contribution in [3.63, 3.8) is 0 Å². The van der Waals surface area contributed by atoms with Gasteiger partial charge in [0, 0.05) is 25.5 Å². The Labute approximate surface area is 150 Å². The third kappa shape index (κ3) is 3.11. The zero-order valence-corrected chi connectivity index (χ0v) is 14.5. The van der Waals surface area contributed by atoms with E-state index in [0.717, 1.165) is 18.7 Å². The van der Waals surface area contributed by atoms with Crippen LogP contribution in [0.25, 0.3) is 5.65 Å². The largest absolute Gasteiger partial charge is 0.378 e. The Kier molecular flexibility index (Phi) is 4.49. The van der Waals surface area contributed by atoms with Gasteiger partial charge in [0.2, 0.25) is 0 Å². The first-order valence-electron chi connectivity index (χ1n) is 8.62. The van der Waals surface area contributed by atoms with Crippen LogP contribution in [-0.2, 0) is 4.74 Å². The molecule has 134 valence electrons. The smallest absolute Gasteiger partial charge is 0.255 e. The number of anilines is 1. The molecule has 0 aliphatic carbocycles. The molecule has 1 unspecified atom stereocenters. The Hall–Kier alpha value is -3.00. The standard InChI is InChI=1S/C18H20N6O2/c1-13(16-22-21-15-6-2-3-8-24(15)16)20-18(25)14-5-4-7-19-17(14)23-9-11-26-12-10-23/h2-8,13H,9-12H2,1H3,(H,20,25). The summed E-state index contributed by atoms with van der Waals surface area (Å²) in [7, 11) is 0. The molecule has 1 N–H and O–H groups in total. The van der Waals surface area contributed by atoms with Gasteiger partial charge < -0.3 is 15.0 Å². The molecule has 0 aromatic carbocycles. The molecular formula is C18H20N6O2. The van der Waals surface area contributed by atoms with Crippen molar-refractivity contribution in [1.29, 1.82) is 0 Å². The van der Waals surface area contributed by atoms with Crippen molar-refractivity contribution >= 4 is 17.4 Å². The lowest BCUT2D eigenvalue weighted by Gasteiger charge is -2.29. The average Bonchev–Trinajstić information content (AvgIpc) is 3.13. The van der Waals surface area contributed by atoms with Gasteiger partial charge in [0.05, 0.1) is 24.8 Å². The van der Waals surface area contributed by atoms with Crippen LogP contribution < -0.4 is 10.2 Å². The molecule has 1 atom stereocenters. The SMILES string of the molecule is CC(NC(=O)c1cccnc1N1CCOCC1)c1nnc2ccccn12. The van der Waals surface area contributed by atoms with Gasteiger partial charge in [0.15, 0.2) is 11.5 Å². The molecule has 4 rings (SSSR count). The molecule has 8 heteroatoms. The quantitative estimate of drug-likeness (QED) is 0.765. The number of nitrogens with zero attached hydrogens (tertiary/aromatic N) is 5. The van der Waals surface area contributed by atoms with Crippen LogP contribution in [-0.4, -0.2) is 51.8 Å². The van der Waals surface area contributed by atoms with Crippen molar-refractivity contribution in [2.24, 2.45) is 0 Å². The summed E-state index contributed by atoms with van der Waals surface area (Å²) in [6.45, 7) is 4.62. The van der Waals surface area contributed by atoms with Gasteiger partial charge >= 0.3 is 0 Å². The molecule has 0 bridgehead atoms. The van der Waals surface area contributed by atoms with Gasteiger partial charge in [-0.1, -0.05) is 6.07 Å². The predicted molar refractivity (Wildman–Crippen MR) is 96.1 cm³/mol. The number of carbonyl (C=O) groups is 1. The van der Waals surface area contributed by atoms with Crippen molar-refractivity contribution in [3.8, 4) is 0 Å². The maximum atomic E-state index is 12.9. The maximum Gasteiger partial charge on any atom is 0.255 e. The van der Waals surface area contributed by atoms with Crippen LogP contribution in [0.2, 0.25) is 0 Å². The minimum absolute atomic E-state index is 0.181. The fourth-order valence-corrected chi connectivity index (χ4v) is 3.10. The summed E-state index contributed by atoms with van der Waals surface area (Å²) in [5.41, 5.74) is 1.30. The predicted octanol–water partition coefficient (Wildman–Crippen LogP) is 1.45. The third-order valence-corrected chi connectivity index (χ3v) is 4.42. The van der Waals surface area contributed by atoms with Gasteiger partial charge in [-0.15, -0.1) is 10.2 Å². The van der Waals surface area contributed by atoms with E-state index in [4.69, 9.17) is 4.74 Å². The topological polar surface area (TPSA) is 84.7 Å². The highest BCUT2D eigenvalue weighted by Crippen LogP contribution is 2.20. The first-order valence-corrected chi connectivity index (χ1v) is 8.62. The first kappa shape index (κ1) is 16.5. The fraction of sp³-hybridized carbons (Fsp3) is 0.333. The molecule has 1 aliphatic rings. The highest BCUT2D eigenvalue weighted by Gasteiger charge is 2.22. The molecule has 8 nitrogen and oxygen atoms in total. The monoisotopic (exact) mass is 352 g/mol. The zero-order chi connectivity index (χ0) is 17.9. The van der Waals surface area contributed by atoms with E-state index in [-0.39, 0.29) is 11.9 Å². The minimum atomic E-state index is -0.294. The van der Waals surface area contributed by atoms with Crippen LogP contribution in [0.3, 0.4) is 0 Å². The van der Waals surface area contributed by atoms with Crippen molar-refractivity contribution in [2.45, 2.75) is 13.0 Å². The van der Waals surface area contributed by atoms with Crippen LogP contribution in [0.15, 0.2) is 42.7 Å². The van der Waals surface area contributed by atoms with E-state index in [9.17, 15) is 4.79 Å². The molecule has 3 aromatic heterocycles. The van der Waals surface area contributed by atoms with Crippen molar-refractivity contribution in [3.05, 3.63) is 54.1 Å². The van der Waals surface area contributed by atoms with Gasteiger partial charge in [-0.3, -0.25) is 9.20 Å². The van der Waals surface area contributed by atoms with Gasteiger partial charge in [0.1, 0.15) is 5.82 Å². The Morgan fingerprint density at radius 3 is 2.88 bits per heavy atom. The Bertz CT molecular complexity index is 919. The molecule has 4 heterocycles. The second-order valence-corrected chi connectivity index (χ2v) is 6.16. The molecule has 0 spiro atoms. The van der Waals surface area contributed by atoms with Crippen LogP contribution in [0.4, 0.5) is 5.82 Å². The van der Waals surface area contributed by atoms with Gasteiger partial charge in [-0.25, -0.2) is 4.98 Å². The summed E-state index contributed by atoms with van der Waals surface area (Å²) >= 11 is 0. The number of pyridine rings is 2. The lowest BCUT2D eigenvalue weighted by Crippen LogP contribution is -2.38. The molecule has 1 aliphatic heterocycles. The number of ether oxygens (including phenoxy) is 1. The number of amides is 1. The number of carbonyl (C=O) groups excluding carboxylic acids is 1. The maximum absolute atomic E-state index is 12.9. The molecule has 0 saturated carbocycles. The molecule has 26 heavy (non-hydrogen) atoms. The summed E-state index contributed by atoms with van der Waals surface area (Å²) in [6, 6.07) is 8.96. The van der Waals surface area contributed by atoms with E-state index in [1.807, 2.05) is 35.7 Å². The summed E-state index contributed by atoms with van der Waals surface area (Å²) in [6.07, 6.45) is 3.59. The molecular weight excluding hydrogens is 332 g/mol. The zero-order valence-electron chi connectivity index (χ0n) is 14.5. The van der Waals surface area contributed by atoms with Crippen molar-refractivity contribution in [2.75, 3.05) is 31.2 Å². The van der Waals surface area contributed by atoms with E-state index in [2.05, 4.69) is 25.4 Å². The highest BCUT2D eigenvalue weighted by molar-refractivity contribution is 5.99. The lowest BCUT2D eigenvalue weighted by atomic mass is 10.2. The lowest BCUT2D eigenvalue weighted by molar-refractivity contribution is 0.0936. The third-order valence-electron chi connectivity index (χ3n) is 4.42. The highest BCUT2D eigenvalue weighted by atomic mass is 16.5. The molecule has 3 aromatic rings. The van der Waals surface area contributed by atoms with Crippen molar-refractivity contribution in [1.82, 2.24) is 24.9 Å². The summed E-state index contributed by atoms with van der Waals surface area (Å²) < 4.78 is 7.26. The second-order valence-electron chi connectivity index (χ2n) is 6.16.